The van der Waals surface area contributed by atoms with E-state index >= 15 is 0 Å². The zero-order valence-electron chi connectivity index (χ0n) is 11.8. The van der Waals surface area contributed by atoms with Crippen molar-refractivity contribution >= 4 is 0 Å². The maximum Gasteiger partial charge on any atom is 0.149 e. The first kappa shape index (κ1) is 11.9. The van der Waals surface area contributed by atoms with E-state index in [2.05, 4.69) is 42.1 Å². The van der Waals surface area contributed by atoms with Crippen LogP contribution in [0.1, 0.15) is 28.7 Å². The summed E-state index contributed by atoms with van der Waals surface area (Å²) in [6.07, 6.45) is 1.87. The zero-order chi connectivity index (χ0) is 13.7. The topological polar surface area (TPSA) is 25.4 Å². The number of nitrogens with zero attached hydrogens (tertiary/aromatic N) is 2. The van der Waals surface area contributed by atoms with Crippen LogP contribution in [0.25, 0.3) is 0 Å². The fourth-order valence-corrected chi connectivity index (χ4v) is 3.51. The predicted molar refractivity (Wildman–Crippen MR) is 78.5 cm³/mol. The third-order valence-corrected chi connectivity index (χ3v) is 4.44. The number of aryl methyl sites for hydroxylation is 1. The van der Waals surface area contributed by atoms with Gasteiger partial charge < -0.3 is 9.64 Å². The van der Waals surface area contributed by atoms with E-state index in [4.69, 9.17) is 4.74 Å². The highest BCUT2D eigenvalue weighted by Crippen LogP contribution is 2.48. The van der Waals surface area contributed by atoms with E-state index in [1.807, 2.05) is 18.3 Å². The lowest BCUT2D eigenvalue weighted by Gasteiger charge is -2.16. The summed E-state index contributed by atoms with van der Waals surface area (Å²) in [4.78, 5) is 7.00. The first-order valence-corrected chi connectivity index (χ1v) is 7.14. The molecule has 3 heterocycles. The Morgan fingerprint density at radius 1 is 1.15 bits per heavy atom. The molecule has 0 saturated carbocycles. The molecule has 0 bridgehead atoms. The molecule has 1 fully saturated rings. The Morgan fingerprint density at radius 3 is 2.90 bits per heavy atom. The number of pyridine rings is 1. The van der Waals surface area contributed by atoms with E-state index in [-0.39, 0.29) is 0 Å². The van der Waals surface area contributed by atoms with Gasteiger partial charge in [0, 0.05) is 31.1 Å². The standard InChI is InChI=1S/C17H18N2O/c1-11-5-6-12-13-9-19(2)10-14(13)17-15(4-3-7-18-17)20-16(12)8-11/h3-8,13-14H,9-10H2,1-2H3. The number of likely N-dealkylation sites (N-methyl/N-ethyl adjacent to an activating group) is 1. The minimum absolute atomic E-state index is 0.431. The molecular weight excluding hydrogens is 248 g/mol. The molecule has 1 aromatic carbocycles. The van der Waals surface area contributed by atoms with Gasteiger partial charge in [0.1, 0.15) is 11.5 Å². The molecule has 4 rings (SSSR count). The predicted octanol–water partition coefficient (Wildman–Crippen LogP) is 3.31. The van der Waals surface area contributed by atoms with Crippen molar-refractivity contribution in [2.45, 2.75) is 18.8 Å². The molecule has 3 heteroatoms. The Kier molecular flexibility index (Phi) is 2.57. The van der Waals surface area contributed by atoms with Crippen LogP contribution in [-0.4, -0.2) is 30.0 Å². The lowest BCUT2D eigenvalue weighted by Crippen LogP contribution is -2.14. The van der Waals surface area contributed by atoms with Gasteiger partial charge in [0.2, 0.25) is 0 Å². The Balaban J connectivity index is 1.93. The largest absolute Gasteiger partial charge is 0.455 e. The molecule has 2 unspecified atom stereocenters. The minimum Gasteiger partial charge on any atom is -0.455 e. The van der Waals surface area contributed by atoms with Gasteiger partial charge in [-0.15, -0.1) is 0 Å². The number of rotatable bonds is 0. The van der Waals surface area contributed by atoms with Crippen LogP contribution in [0.4, 0.5) is 0 Å². The summed E-state index contributed by atoms with van der Waals surface area (Å²) < 4.78 is 6.17. The molecule has 2 aliphatic heterocycles. The van der Waals surface area contributed by atoms with Crippen molar-refractivity contribution in [1.29, 1.82) is 0 Å². The average Bonchev–Trinajstić information content (AvgIpc) is 2.76. The minimum atomic E-state index is 0.431. The lowest BCUT2D eigenvalue weighted by atomic mass is 9.86. The van der Waals surface area contributed by atoms with Crippen LogP contribution in [0.15, 0.2) is 36.5 Å². The summed E-state index contributed by atoms with van der Waals surface area (Å²) in [5, 5.41) is 0. The average molecular weight is 266 g/mol. The smallest absolute Gasteiger partial charge is 0.149 e. The molecule has 3 nitrogen and oxygen atoms in total. The fraction of sp³-hybridized carbons (Fsp3) is 0.353. The van der Waals surface area contributed by atoms with Crippen LogP contribution in [0.2, 0.25) is 0 Å². The normalized spacial score (nSPS) is 24.3. The van der Waals surface area contributed by atoms with Crippen LogP contribution in [0.3, 0.4) is 0 Å². The van der Waals surface area contributed by atoms with Gasteiger partial charge in [-0.25, -0.2) is 0 Å². The highest BCUT2D eigenvalue weighted by Gasteiger charge is 2.39. The summed E-state index contributed by atoms with van der Waals surface area (Å²) in [7, 11) is 2.19. The van der Waals surface area contributed by atoms with Crippen LogP contribution in [0.5, 0.6) is 11.5 Å². The molecule has 0 aliphatic carbocycles. The van der Waals surface area contributed by atoms with Crippen molar-refractivity contribution in [3.05, 3.63) is 53.3 Å². The van der Waals surface area contributed by atoms with Crippen molar-refractivity contribution in [1.82, 2.24) is 9.88 Å². The molecule has 2 aliphatic rings. The lowest BCUT2D eigenvalue weighted by molar-refractivity contribution is 0.400. The maximum absolute atomic E-state index is 6.17. The van der Waals surface area contributed by atoms with E-state index in [0.29, 0.717) is 11.8 Å². The summed E-state index contributed by atoms with van der Waals surface area (Å²) in [5.74, 6) is 2.83. The van der Waals surface area contributed by atoms with E-state index in [1.165, 1.54) is 11.1 Å². The van der Waals surface area contributed by atoms with Gasteiger partial charge in [0.15, 0.2) is 0 Å². The molecule has 2 atom stereocenters. The number of hydrogen-bond acceptors (Lipinski definition) is 3. The summed E-state index contributed by atoms with van der Waals surface area (Å²) in [6.45, 7) is 4.22. The SMILES string of the molecule is Cc1ccc2c(c1)Oc1cccnc1C1CN(C)CC21. The second kappa shape index (κ2) is 4.32. The van der Waals surface area contributed by atoms with Crippen molar-refractivity contribution in [3.63, 3.8) is 0 Å². The quantitative estimate of drug-likeness (QED) is 0.731. The second-order valence-electron chi connectivity index (χ2n) is 5.96. The van der Waals surface area contributed by atoms with Gasteiger partial charge in [0.05, 0.1) is 5.69 Å². The van der Waals surface area contributed by atoms with E-state index in [0.717, 1.165) is 30.3 Å². The van der Waals surface area contributed by atoms with E-state index < -0.39 is 0 Å². The van der Waals surface area contributed by atoms with Gasteiger partial charge in [-0.3, -0.25) is 4.98 Å². The van der Waals surface area contributed by atoms with E-state index in [1.54, 1.807) is 0 Å². The molecule has 1 aromatic heterocycles. The highest BCUT2D eigenvalue weighted by molar-refractivity contribution is 5.49. The van der Waals surface area contributed by atoms with Gasteiger partial charge in [-0.2, -0.15) is 0 Å². The Bertz CT molecular complexity index is 668. The first-order chi connectivity index (χ1) is 9.72. The second-order valence-corrected chi connectivity index (χ2v) is 5.96. The van der Waals surface area contributed by atoms with Crippen LogP contribution in [-0.2, 0) is 0 Å². The van der Waals surface area contributed by atoms with Crippen LogP contribution < -0.4 is 4.74 Å². The van der Waals surface area contributed by atoms with Gasteiger partial charge in [0.25, 0.3) is 0 Å². The molecular formula is C17H18N2O. The summed E-state index contributed by atoms with van der Waals surface area (Å²) in [5.41, 5.74) is 3.66. The molecule has 0 N–H and O–H groups in total. The van der Waals surface area contributed by atoms with Gasteiger partial charge in [-0.1, -0.05) is 12.1 Å². The van der Waals surface area contributed by atoms with Crippen LogP contribution >= 0.6 is 0 Å². The number of benzene rings is 1. The Hall–Kier alpha value is -1.87. The third kappa shape index (κ3) is 1.74. The molecule has 0 amide bonds. The maximum atomic E-state index is 6.17. The summed E-state index contributed by atoms with van der Waals surface area (Å²) in [6, 6.07) is 10.5. The van der Waals surface area contributed by atoms with Crippen molar-refractivity contribution in [2.24, 2.45) is 0 Å². The molecule has 0 radical (unpaired) electrons. The number of hydrogen-bond donors (Lipinski definition) is 0. The number of ether oxygens (including phenoxy) is 1. The Labute approximate surface area is 119 Å². The van der Waals surface area contributed by atoms with Crippen molar-refractivity contribution < 1.29 is 4.74 Å². The monoisotopic (exact) mass is 266 g/mol. The number of aromatic nitrogens is 1. The molecule has 0 spiro atoms. The van der Waals surface area contributed by atoms with Crippen molar-refractivity contribution in [3.8, 4) is 11.5 Å². The van der Waals surface area contributed by atoms with E-state index in [9.17, 15) is 0 Å². The zero-order valence-corrected chi connectivity index (χ0v) is 11.8. The van der Waals surface area contributed by atoms with Gasteiger partial charge in [-0.05, 0) is 43.3 Å². The number of fused-ring (bicyclic) bond motifs is 5. The fourth-order valence-electron chi connectivity index (χ4n) is 3.51. The molecule has 1 saturated heterocycles. The first-order valence-electron chi connectivity index (χ1n) is 7.14. The molecule has 2 aromatic rings. The molecule has 20 heavy (non-hydrogen) atoms. The highest BCUT2D eigenvalue weighted by atomic mass is 16.5. The third-order valence-electron chi connectivity index (χ3n) is 4.44. The Morgan fingerprint density at radius 2 is 2.00 bits per heavy atom. The van der Waals surface area contributed by atoms with Crippen LogP contribution in [0, 0.1) is 6.92 Å². The van der Waals surface area contributed by atoms with Crippen molar-refractivity contribution in [2.75, 3.05) is 20.1 Å². The van der Waals surface area contributed by atoms with Gasteiger partial charge >= 0.3 is 0 Å². The molecule has 102 valence electrons. The summed E-state index contributed by atoms with van der Waals surface area (Å²) >= 11 is 0. The number of likely N-dealkylation sites (tertiary alicyclic amines) is 1.